The van der Waals surface area contributed by atoms with Gasteiger partial charge in [0.05, 0.1) is 0 Å². The molecule has 3 aliphatic rings. The van der Waals surface area contributed by atoms with Crippen LogP contribution in [0.15, 0.2) is 30.3 Å². The van der Waals surface area contributed by atoms with Crippen LogP contribution < -0.4 is 5.30 Å². The fourth-order valence-electron chi connectivity index (χ4n) is 7.81. The van der Waals surface area contributed by atoms with Gasteiger partial charge in [0.2, 0.25) is 0 Å². The molecule has 4 rings (SSSR count). The third kappa shape index (κ3) is 3.15. The molecule has 0 bridgehead atoms. The molecule has 0 saturated heterocycles. The van der Waals surface area contributed by atoms with Gasteiger partial charge in [0.15, 0.2) is 0 Å². The van der Waals surface area contributed by atoms with Gasteiger partial charge in [0, 0.05) is 0 Å². The summed E-state index contributed by atoms with van der Waals surface area (Å²) in [5, 5.41) is 1.03. The molecule has 0 atom stereocenters. The van der Waals surface area contributed by atoms with Crippen LogP contribution in [-0.4, -0.2) is 29.9 Å². The van der Waals surface area contributed by atoms with Crippen LogP contribution in [0, 0.1) is 0 Å². The topological polar surface area (TPSA) is 54.4 Å². The molecule has 3 saturated carbocycles. The molecule has 29 heavy (non-hydrogen) atoms. The van der Waals surface area contributed by atoms with E-state index in [9.17, 15) is 13.0 Å². The molecule has 3 aliphatic carbocycles. The van der Waals surface area contributed by atoms with Crippen molar-refractivity contribution in [2.75, 3.05) is 0 Å². The van der Waals surface area contributed by atoms with Gasteiger partial charge in [0.1, 0.15) is 0 Å². The van der Waals surface area contributed by atoms with Crippen LogP contribution in [0.1, 0.15) is 96.3 Å². The van der Waals surface area contributed by atoms with E-state index in [2.05, 4.69) is 12.1 Å². The molecule has 0 aliphatic heterocycles. The minimum absolute atomic E-state index is 0.151. The van der Waals surface area contributed by atoms with Crippen molar-refractivity contribution in [3.63, 3.8) is 0 Å². The molecular weight excluding hydrogens is 399 g/mol. The number of hydrogen-bond acceptors (Lipinski definition) is 2. The average molecular weight is 439 g/mol. The summed E-state index contributed by atoms with van der Waals surface area (Å²) in [5.74, 6) is -3.72. The second kappa shape index (κ2) is 8.60. The molecule has 0 amide bonds. The van der Waals surface area contributed by atoms with Gasteiger partial charge in [0.25, 0.3) is 0 Å². The van der Waals surface area contributed by atoms with E-state index in [1.807, 2.05) is 18.2 Å². The first kappa shape index (κ1) is 21.8. The van der Waals surface area contributed by atoms with Gasteiger partial charge in [-0.1, -0.05) is 0 Å². The Labute approximate surface area is 177 Å². The van der Waals surface area contributed by atoms with E-state index in [0.29, 0.717) is 0 Å². The van der Waals surface area contributed by atoms with E-state index in [4.69, 9.17) is 0 Å². The molecule has 3 nitrogen and oxygen atoms in total. The maximum absolute atomic E-state index is 14.1. The molecule has 0 aromatic heterocycles. The van der Waals surface area contributed by atoms with E-state index in [1.165, 1.54) is 19.3 Å². The molecule has 0 unspecified atom stereocenters. The third-order valence-corrected chi connectivity index (χ3v) is 23.7. The quantitative estimate of drug-likeness (QED) is 0.413. The number of hydrogen-bond donors (Lipinski definition) is 1. The minimum atomic E-state index is -4.21. The summed E-state index contributed by atoms with van der Waals surface area (Å²) < 4.78 is 39.7. The normalized spacial score (nSPS) is 25.3. The van der Waals surface area contributed by atoms with Crippen LogP contribution in [0.5, 0.6) is 0 Å². The number of benzene rings is 1. The Hall–Kier alpha value is -0.440. The van der Waals surface area contributed by atoms with Crippen molar-refractivity contribution < 1.29 is 13.0 Å². The molecule has 0 spiro atoms. The van der Waals surface area contributed by atoms with Crippen molar-refractivity contribution in [3.05, 3.63) is 30.3 Å². The van der Waals surface area contributed by atoms with E-state index < -0.39 is 15.5 Å². The zero-order valence-corrected chi connectivity index (χ0v) is 19.6. The van der Waals surface area contributed by atoms with Gasteiger partial charge in [-0.05, 0) is 0 Å². The second-order valence-corrected chi connectivity index (χ2v) is 19.8. The SMILES string of the molecule is O=S(=O)(O)P(c1ccccc1)(C1CCCCC1)(C1CCCCC1)C1CCCCC1. The van der Waals surface area contributed by atoms with Crippen molar-refractivity contribution in [1.29, 1.82) is 0 Å². The van der Waals surface area contributed by atoms with Crippen LogP contribution in [-0.2, 0) is 9.74 Å². The standard InChI is InChI=1S/C24H39O3PS/c25-29(26,27)28(21-13-5-1-6-14-21,22-15-7-2-8-16-22,23-17-9-3-10-18-23)24-19-11-4-12-20-24/h1,5-6,13-14,22-24H,2-4,7-12,15-20H2,(H,25,26,27). The first-order valence-electron chi connectivity index (χ1n) is 12.1. The van der Waals surface area contributed by atoms with Gasteiger partial charge in [-0.2, -0.15) is 0 Å². The van der Waals surface area contributed by atoms with Gasteiger partial charge < -0.3 is 0 Å². The first-order chi connectivity index (χ1) is 14.0. The fourth-order valence-corrected chi connectivity index (χ4v) is 23.8. The predicted molar refractivity (Wildman–Crippen MR) is 125 cm³/mol. The molecule has 164 valence electrons. The number of rotatable bonds is 5. The van der Waals surface area contributed by atoms with Crippen molar-refractivity contribution in [2.45, 2.75) is 113 Å². The van der Waals surface area contributed by atoms with Gasteiger partial charge in [-0.25, -0.2) is 0 Å². The summed E-state index contributed by atoms with van der Waals surface area (Å²) in [6.45, 7) is 0. The van der Waals surface area contributed by atoms with E-state index in [1.54, 1.807) is 0 Å². The van der Waals surface area contributed by atoms with E-state index in [0.717, 1.165) is 82.4 Å². The third-order valence-electron chi connectivity index (χ3n) is 8.81. The summed E-state index contributed by atoms with van der Waals surface area (Å²) >= 11 is 0. The van der Waals surface area contributed by atoms with Crippen LogP contribution in [0.2, 0.25) is 0 Å². The average Bonchev–Trinajstić information content (AvgIpc) is 2.77. The Bertz CT molecular complexity index is 725. The molecule has 0 radical (unpaired) electrons. The summed E-state index contributed by atoms with van der Waals surface area (Å²) in [6.07, 6.45) is 16.2. The molecule has 3 fully saturated rings. The fraction of sp³-hybridized carbons (Fsp3) is 0.750. The second-order valence-electron chi connectivity index (χ2n) is 9.90. The van der Waals surface area contributed by atoms with E-state index >= 15 is 0 Å². The molecule has 0 heterocycles. The van der Waals surface area contributed by atoms with Crippen LogP contribution >= 0.6 is 5.81 Å². The van der Waals surface area contributed by atoms with Crippen molar-refractivity contribution in [2.24, 2.45) is 0 Å². The maximum atomic E-state index is 14.1. The summed E-state index contributed by atoms with van der Waals surface area (Å²) in [7, 11) is -4.21. The Kier molecular flexibility index (Phi) is 6.46. The monoisotopic (exact) mass is 438 g/mol. The first-order valence-corrected chi connectivity index (χ1v) is 16.5. The Morgan fingerprint density at radius 3 is 1.28 bits per heavy atom. The van der Waals surface area contributed by atoms with Crippen LogP contribution in [0.25, 0.3) is 0 Å². The zero-order chi connectivity index (χ0) is 20.4. The molecule has 1 aromatic rings. The van der Waals surface area contributed by atoms with Crippen molar-refractivity contribution in [1.82, 2.24) is 0 Å². The van der Waals surface area contributed by atoms with Gasteiger partial charge in [-0.3, -0.25) is 0 Å². The molecule has 1 aromatic carbocycles. The van der Waals surface area contributed by atoms with E-state index in [-0.39, 0.29) is 17.0 Å². The summed E-state index contributed by atoms with van der Waals surface area (Å²) in [5.41, 5.74) is 0.454. The Balaban J connectivity index is 2.08. The Morgan fingerprint density at radius 2 is 0.966 bits per heavy atom. The predicted octanol–water partition coefficient (Wildman–Crippen LogP) is 6.67. The Morgan fingerprint density at radius 1 is 0.621 bits per heavy atom. The van der Waals surface area contributed by atoms with Gasteiger partial charge >= 0.3 is 177 Å². The van der Waals surface area contributed by atoms with Crippen molar-refractivity contribution in [3.8, 4) is 0 Å². The zero-order valence-electron chi connectivity index (χ0n) is 17.8. The van der Waals surface area contributed by atoms with Gasteiger partial charge in [-0.15, -0.1) is 0 Å². The van der Waals surface area contributed by atoms with Crippen molar-refractivity contribution >= 4 is 20.8 Å². The van der Waals surface area contributed by atoms with Crippen LogP contribution in [0.3, 0.4) is 0 Å². The van der Waals surface area contributed by atoms with Crippen LogP contribution in [0.4, 0.5) is 0 Å². The summed E-state index contributed by atoms with van der Waals surface area (Å²) in [4.78, 5) is 0. The molecule has 1 N–H and O–H groups in total. The molecular formula is C24H39O3PS. The molecule has 5 heteroatoms. The summed E-state index contributed by atoms with van der Waals surface area (Å²) in [6, 6.07) is 10.3.